The lowest BCUT2D eigenvalue weighted by Crippen LogP contribution is -2.32. The minimum absolute atomic E-state index is 0.0138. The summed E-state index contributed by atoms with van der Waals surface area (Å²) in [7, 11) is -3.77. The molecule has 0 aliphatic heterocycles. The van der Waals surface area contributed by atoms with Gasteiger partial charge >= 0.3 is 0 Å². The Kier molecular flexibility index (Phi) is 7.25. The van der Waals surface area contributed by atoms with Gasteiger partial charge in [0, 0.05) is 35.5 Å². The van der Waals surface area contributed by atoms with E-state index >= 15 is 0 Å². The van der Waals surface area contributed by atoms with Crippen molar-refractivity contribution in [1.29, 1.82) is 0 Å². The van der Waals surface area contributed by atoms with Gasteiger partial charge in [-0.25, -0.2) is 13.4 Å². The van der Waals surface area contributed by atoms with Crippen LogP contribution in [0.1, 0.15) is 5.56 Å². The average Bonchev–Trinajstić information content (AvgIpc) is 3.25. The minimum Gasteiger partial charge on any atom is -0.332 e. The third-order valence-corrected chi connectivity index (χ3v) is 6.22. The fourth-order valence-electron chi connectivity index (χ4n) is 2.36. The number of thiocarbonyl (C=S) groups is 1. The van der Waals surface area contributed by atoms with Gasteiger partial charge in [-0.2, -0.15) is 0 Å². The maximum absolute atomic E-state index is 12.3. The highest BCUT2D eigenvalue weighted by molar-refractivity contribution is 7.93. The van der Waals surface area contributed by atoms with Crippen LogP contribution in [-0.4, -0.2) is 29.3 Å². The number of rotatable bonds is 7. The number of nitro groups is 1. The first kappa shape index (κ1) is 23.0. The van der Waals surface area contributed by atoms with Crippen LogP contribution >= 0.6 is 23.6 Å². The molecule has 0 radical (unpaired) electrons. The van der Waals surface area contributed by atoms with Gasteiger partial charge in [-0.3, -0.25) is 24.9 Å². The summed E-state index contributed by atoms with van der Waals surface area (Å²) < 4.78 is 27.0. The topological polar surface area (TPSA) is 143 Å². The molecule has 2 aromatic carbocycles. The molecule has 1 aromatic heterocycles. The Hall–Kier alpha value is -3.68. The van der Waals surface area contributed by atoms with Gasteiger partial charge in [0.2, 0.25) is 5.91 Å². The molecule has 164 valence electrons. The number of anilines is 2. The van der Waals surface area contributed by atoms with Gasteiger partial charge in [0.05, 0.1) is 9.82 Å². The number of amides is 1. The third-order valence-electron chi connectivity index (χ3n) is 3.84. The van der Waals surface area contributed by atoms with Crippen LogP contribution < -0.4 is 15.4 Å². The largest absolute Gasteiger partial charge is 0.332 e. The Balaban J connectivity index is 1.54. The molecule has 0 saturated carbocycles. The van der Waals surface area contributed by atoms with E-state index in [1.807, 2.05) is 0 Å². The van der Waals surface area contributed by atoms with Crippen LogP contribution in [0.25, 0.3) is 6.08 Å². The first-order chi connectivity index (χ1) is 15.2. The molecule has 0 saturated heterocycles. The van der Waals surface area contributed by atoms with Crippen molar-refractivity contribution in [2.24, 2.45) is 0 Å². The van der Waals surface area contributed by atoms with E-state index in [1.165, 1.54) is 66.9 Å². The number of hydrogen-bond donors (Lipinski definition) is 3. The molecule has 0 bridgehead atoms. The van der Waals surface area contributed by atoms with Crippen molar-refractivity contribution in [3.8, 4) is 0 Å². The summed E-state index contributed by atoms with van der Waals surface area (Å²) in [5.74, 6) is -0.507. The number of benzene rings is 2. The summed E-state index contributed by atoms with van der Waals surface area (Å²) in [6.45, 7) is 0. The van der Waals surface area contributed by atoms with E-state index in [-0.39, 0.29) is 20.8 Å². The van der Waals surface area contributed by atoms with E-state index in [9.17, 15) is 23.3 Å². The van der Waals surface area contributed by atoms with Crippen molar-refractivity contribution in [1.82, 2.24) is 10.3 Å². The molecule has 0 atom stereocenters. The van der Waals surface area contributed by atoms with Crippen LogP contribution in [0.15, 0.2) is 71.1 Å². The van der Waals surface area contributed by atoms with Gasteiger partial charge in [0.25, 0.3) is 15.7 Å². The van der Waals surface area contributed by atoms with Gasteiger partial charge in [-0.15, -0.1) is 11.3 Å². The van der Waals surface area contributed by atoms with Gasteiger partial charge < -0.3 is 5.32 Å². The molecule has 0 aliphatic carbocycles. The molecule has 0 aliphatic rings. The Morgan fingerprint density at radius 1 is 1.12 bits per heavy atom. The van der Waals surface area contributed by atoms with Crippen molar-refractivity contribution < 1.29 is 18.1 Å². The fraction of sp³-hybridized carbons (Fsp3) is 0. The van der Waals surface area contributed by atoms with E-state index < -0.39 is 20.9 Å². The summed E-state index contributed by atoms with van der Waals surface area (Å²) in [4.78, 5) is 26.1. The Labute approximate surface area is 192 Å². The molecule has 0 unspecified atom stereocenters. The Morgan fingerprint density at radius 2 is 1.81 bits per heavy atom. The van der Waals surface area contributed by atoms with E-state index in [0.29, 0.717) is 11.3 Å². The molecule has 10 nitrogen and oxygen atoms in total. The molecule has 1 heterocycles. The van der Waals surface area contributed by atoms with Crippen LogP contribution in [0.3, 0.4) is 0 Å². The number of thiazole rings is 1. The van der Waals surface area contributed by atoms with Gasteiger partial charge in [0.1, 0.15) is 0 Å². The number of carbonyl (C=O) groups is 1. The lowest BCUT2D eigenvalue weighted by Gasteiger charge is -2.09. The van der Waals surface area contributed by atoms with Crippen molar-refractivity contribution in [2.45, 2.75) is 4.90 Å². The zero-order valence-corrected chi connectivity index (χ0v) is 18.5. The standard InChI is InChI=1S/C19H15N5O5S3/c25-17(10-3-13-1-6-15(7-2-13)24(26)27)22-18(30)21-14-4-8-16(9-5-14)32(28,29)23-19-20-11-12-31-19/h1-12H,(H,20,23)(H2,21,22,25,30)/b10-3+. The van der Waals surface area contributed by atoms with E-state index in [2.05, 4.69) is 20.3 Å². The number of non-ortho nitro benzene ring substituents is 1. The molecule has 3 rings (SSSR count). The molecule has 0 spiro atoms. The zero-order valence-electron chi connectivity index (χ0n) is 16.1. The summed E-state index contributed by atoms with van der Waals surface area (Å²) in [6, 6.07) is 11.5. The molecule has 1 amide bonds. The lowest BCUT2D eigenvalue weighted by atomic mass is 10.2. The highest BCUT2D eigenvalue weighted by Gasteiger charge is 2.15. The molecular weight excluding hydrogens is 474 g/mol. The van der Waals surface area contributed by atoms with Crippen molar-refractivity contribution in [3.63, 3.8) is 0 Å². The number of nitrogens with one attached hydrogen (secondary N) is 3. The summed E-state index contributed by atoms with van der Waals surface area (Å²) in [6.07, 6.45) is 4.21. The van der Waals surface area contributed by atoms with Crippen molar-refractivity contribution in [3.05, 3.63) is 81.9 Å². The monoisotopic (exact) mass is 489 g/mol. The zero-order chi connectivity index (χ0) is 23.1. The van der Waals surface area contributed by atoms with Crippen molar-refractivity contribution in [2.75, 3.05) is 10.0 Å². The molecule has 3 N–H and O–H groups in total. The van der Waals surface area contributed by atoms with Gasteiger partial charge in [-0.05, 0) is 60.3 Å². The smallest absolute Gasteiger partial charge is 0.269 e. The summed E-state index contributed by atoms with van der Waals surface area (Å²) in [5.41, 5.74) is 1.03. The van der Waals surface area contributed by atoms with E-state index in [0.717, 1.165) is 11.3 Å². The van der Waals surface area contributed by atoms with E-state index in [1.54, 1.807) is 5.38 Å². The third kappa shape index (κ3) is 6.41. The van der Waals surface area contributed by atoms with Crippen LogP contribution in [0.5, 0.6) is 0 Å². The number of carbonyl (C=O) groups excluding carboxylic acids is 1. The van der Waals surface area contributed by atoms with Crippen LogP contribution in [0.2, 0.25) is 0 Å². The molecule has 0 fully saturated rings. The number of sulfonamides is 1. The Morgan fingerprint density at radius 3 is 2.41 bits per heavy atom. The normalized spacial score (nSPS) is 11.1. The van der Waals surface area contributed by atoms with Crippen LogP contribution in [0.4, 0.5) is 16.5 Å². The second kappa shape index (κ2) is 10.1. The first-order valence-corrected chi connectivity index (χ1v) is 11.6. The number of nitrogens with zero attached hydrogens (tertiary/aromatic N) is 2. The molecule has 13 heteroatoms. The predicted octanol–water partition coefficient (Wildman–Crippen LogP) is 3.38. The SMILES string of the molecule is O=C(/C=C/c1ccc([N+](=O)[O-])cc1)NC(=S)Nc1ccc(S(=O)(=O)Nc2nccs2)cc1. The van der Waals surface area contributed by atoms with E-state index in [4.69, 9.17) is 12.2 Å². The second-order valence-corrected chi connectivity index (χ2v) is 9.08. The maximum atomic E-state index is 12.3. The average molecular weight is 490 g/mol. The molecular formula is C19H15N5O5S3. The summed E-state index contributed by atoms with van der Waals surface area (Å²) in [5, 5.41) is 17.8. The van der Waals surface area contributed by atoms with Crippen LogP contribution in [-0.2, 0) is 14.8 Å². The quantitative estimate of drug-likeness (QED) is 0.198. The predicted molar refractivity (Wildman–Crippen MR) is 126 cm³/mol. The fourth-order valence-corrected chi connectivity index (χ4v) is 4.37. The Bertz CT molecular complexity index is 1260. The minimum atomic E-state index is -3.77. The summed E-state index contributed by atoms with van der Waals surface area (Å²) >= 11 is 6.25. The highest BCUT2D eigenvalue weighted by Crippen LogP contribution is 2.19. The first-order valence-electron chi connectivity index (χ1n) is 8.80. The van der Waals surface area contributed by atoms with Gasteiger partial charge in [-0.1, -0.05) is 0 Å². The second-order valence-electron chi connectivity index (χ2n) is 6.09. The van der Waals surface area contributed by atoms with Crippen molar-refractivity contribution >= 4 is 67.2 Å². The molecule has 3 aromatic rings. The molecule has 32 heavy (non-hydrogen) atoms. The lowest BCUT2D eigenvalue weighted by molar-refractivity contribution is -0.384. The van der Waals surface area contributed by atoms with Crippen LogP contribution in [0, 0.1) is 10.1 Å². The maximum Gasteiger partial charge on any atom is 0.269 e. The number of nitro benzene ring substituents is 1. The highest BCUT2D eigenvalue weighted by atomic mass is 32.2. The number of hydrogen-bond acceptors (Lipinski definition) is 8. The van der Waals surface area contributed by atoms with Gasteiger partial charge in [0.15, 0.2) is 10.2 Å². The number of aromatic nitrogens is 1.